The molecular weight excluding hydrogens is 227 g/mol. The van der Waals surface area contributed by atoms with E-state index in [1.165, 1.54) is 18.9 Å². The fraction of sp³-hybridized carbons (Fsp3) is 0.600. The van der Waals surface area contributed by atoms with Gasteiger partial charge >= 0.3 is 0 Å². The minimum absolute atomic E-state index is 0.0996. The molecule has 1 aliphatic heterocycles. The van der Waals surface area contributed by atoms with Crippen LogP contribution in [0.15, 0.2) is 24.3 Å². The molecule has 2 rings (SSSR count). The molecule has 0 bridgehead atoms. The van der Waals surface area contributed by atoms with Crippen LogP contribution in [0.4, 0.5) is 4.39 Å². The minimum Gasteiger partial charge on any atom is -0.313 e. The first-order valence-corrected chi connectivity index (χ1v) is 6.87. The summed E-state index contributed by atoms with van der Waals surface area (Å²) in [4.78, 5) is 2.36. The zero-order chi connectivity index (χ0) is 13.0. The van der Waals surface area contributed by atoms with E-state index in [1.807, 2.05) is 12.1 Å². The van der Waals surface area contributed by atoms with Crippen molar-refractivity contribution < 1.29 is 4.39 Å². The van der Waals surface area contributed by atoms with Crippen LogP contribution >= 0.6 is 0 Å². The van der Waals surface area contributed by atoms with Crippen LogP contribution in [0.1, 0.15) is 38.2 Å². The van der Waals surface area contributed by atoms with E-state index in [1.54, 1.807) is 6.07 Å². The van der Waals surface area contributed by atoms with Gasteiger partial charge in [0.25, 0.3) is 0 Å². The molecule has 1 saturated heterocycles. The summed E-state index contributed by atoms with van der Waals surface area (Å²) in [5.74, 6) is -0.0996. The van der Waals surface area contributed by atoms with E-state index < -0.39 is 0 Å². The second-order valence-corrected chi connectivity index (χ2v) is 5.50. The van der Waals surface area contributed by atoms with Crippen LogP contribution < -0.4 is 5.73 Å². The molecule has 1 fully saturated rings. The molecule has 1 atom stereocenters. The average molecular weight is 250 g/mol. The van der Waals surface area contributed by atoms with Crippen molar-refractivity contribution in [3.8, 4) is 0 Å². The molecule has 100 valence electrons. The van der Waals surface area contributed by atoms with Gasteiger partial charge in [0.2, 0.25) is 0 Å². The van der Waals surface area contributed by atoms with Crippen LogP contribution in [0.25, 0.3) is 0 Å². The number of hydrogen-bond donors (Lipinski definition) is 1. The van der Waals surface area contributed by atoms with Crippen molar-refractivity contribution in [2.24, 2.45) is 5.73 Å². The number of halogens is 1. The number of rotatable bonds is 5. The van der Waals surface area contributed by atoms with Gasteiger partial charge in [0.05, 0.1) is 5.66 Å². The molecule has 0 saturated carbocycles. The summed E-state index contributed by atoms with van der Waals surface area (Å²) in [5.41, 5.74) is 6.92. The SMILES string of the molecule is C[C@](N)(CCCc1ccccc1F)N1CCCC1. The maximum Gasteiger partial charge on any atom is 0.126 e. The van der Waals surface area contributed by atoms with Crippen molar-refractivity contribution in [3.63, 3.8) is 0 Å². The Hall–Kier alpha value is -0.930. The molecule has 2 nitrogen and oxygen atoms in total. The Morgan fingerprint density at radius 2 is 1.94 bits per heavy atom. The molecule has 1 aromatic carbocycles. The van der Waals surface area contributed by atoms with E-state index in [0.29, 0.717) is 0 Å². The lowest BCUT2D eigenvalue weighted by atomic mass is 10.0. The zero-order valence-corrected chi connectivity index (χ0v) is 11.2. The van der Waals surface area contributed by atoms with Gasteiger partial charge in [0.15, 0.2) is 0 Å². The van der Waals surface area contributed by atoms with Gasteiger partial charge in [-0.1, -0.05) is 18.2 Å². The predicted molar refractivity (Wildman–Crippen MR) is 72.7 cm³/mol. The number of aryl methyl sites for hydroxylation is 1. The van der Waals surface area contributed by atoms with Gasteiger partial charge in [-0.15, -0.1) is 0 Å². The van der Waals surface area contributed by atoms with Gasteiger partial charge in [0, 0.05) is 0 Å². The summed E-state index contributed by atoms with van der Waals surface area (Å²) in [7, 11) is 0. The highest BCUT2D eigenvalue weighted by Gasteiger charge is 2.28. The monoisotopic (exact) mass is 250 g/mol. The van der Waals surface area contributed by atoms with E-state index in [0.717, 1.165) is 37.9 Å². The molecule has 1 aromatic rings. The molecular formula is C15H23FN2. The normalized spacial score (nSPS) is 19.9. The van der Waals surface area contributed by atoms with Crippen molar-refractivity contribution in [3.05, 3.63) is 35.6 Å². The molecule has 0 amide bonds. The summed E-state index contributed by atoms with van der Waals surface area (Å²) >= 11 is 0. The van der Waals surface area contributed by atoms with Crippen LogP contribution in [-0.4, -0.2) is 23.7 Å². The molecule has 1 heterocycles. The lowest BCUT2D eigenvalue weighted by Gasteiger charge is -2.35. The summed E-state index contributed by atoms with van der Waals surface area (Å²) in [5, 5.41) is 0. The lowest BCUT2D eigenvalue weighted by molar-refractivity contribution is 0.129. The molecule has 0 unspecified atom stereocenters. The van der Waals surface area contributed by atoms with E-state index in [-0.39, 0.29) is 11.5 Å². The highest BCUT2D eigenvalue weighted by molar-refractivity contribution is 5.17. The summed E-state index contributed by atoms with van der Waals surface area (Å²) < 4.78 is 13.5. The third-order valence-electron chi connectivity index (χ3n) is 3.92. The van der Waals surface area contributed by atoms with Crippen molar-refractivity contribution >= 4 is 0 Å². The Balaban J connectivity index is 1.83. The van der Waals surface area contributed by atoms with Crippen LogP contribution in [0.3, 0.4) is 0 Å². The Morgan fingerprint density at radius 3 is 2.61 bits per heavy atom. The Kier molecular flexibility index (Phi) is 4.36. The van der Waals surface area contributed by atoms with Crippen molar-refractivity contribution in [1.29, 1.82) is 0 Å². The second kappa shape index (κ2) is 5.81. The Bertz CT molecular complexity index is 384. The smallest absolute Gasteiger partial charge is 0.126 e. The predicted octanol–water partition coefficient (Wildman–Crippen LogP) is 2.92. The van der Waals surface area contributed by atoms with E-state index in [4.69, 9.17) is 5.73 Å². The lowest BCUT2D eigenvalue weighted by Crippen LogP contribution is -2.52. The van der Waals surface area contributed by atoms with Crippen molar-refractivity contribution in [2.45, 2.75) is 44.7 Å². The quantitative estimate of drug-likeness (QED) is 0.870. The first kappa shape index (κ1) is 13.5. The van der Waals surface area contributed by atoms with E-state index in [9.17, 15) is 4.39 Å². The zero-order valence-electron chi connectivity index (χ0n) is 11.2. The van der Waals surface area contributed by atoms with Gasteiger partial charge in [-0.2, -0.15) is 0 Å². The molecule has 0 aliphatic carbocycles. The third kappa shape index (κ3) is 3.30. The standard InChI is InChI=1S/C15H23FN2/c1-15(17,18-11-4-5-12-18)10-6-8-13-7-2-3-9-14(13)16/h2-3,7,9H,4-6,8,10-12,17H2,1H3/t15-/m1/s1. The third-order valence-corrected chi connectivity index (χ3v) is 3.92. The molecule has 0 radical (unpaired) electrons. The first-order chi connectivity index (χ1) is 8.59. The van der Waals surface area contributed by atoms with Gasteiger partial charge in [-0.25, -0.2) is 4.39 Å². The van der Waals surface area contributed by atoms with Crippen LogP contribution in [-0.2, 0) is 6.42 Å². The number of likely N-dealkylation sites (tertiary alicyclic amines) is 1. The summed E-state index contributed by atoms with van der Waals surface area (Å²) in [6.07, 6.45) is 5.12. The number of nitrogens with zero attached hydrogens (tertiary/aromatic N) is 1. The van der Waals surface area contributed by atoms with Crippen LogP contribution in [0, 0.1) is 5.82 Å². The van der Waals surface area contributed by atoms with Crippen LogP contribution in [0.5, 0.6) is 0 Å². The Morgan fingerprint density at radius 1 is 1.28 bits per heavy atom. The van der Waals surface area contributed by atoms with Crippen molar-refractivity contribution in [1.82, 2.24) is 4.90 Å². The maximum absolute atomic E-state index is 13.5. The first-order valence-electron chi connectivity index (χ1n) is 6.87. The van der Waals surface area contributed by atoms with Gasteiger partial charge in [0.1, 0.15) is 5.82 Å². The van der Waals surface area contributed by atoms with Gasteiger partial charge in [-0.05, 0) is 63.7 Å². The summed E-state index contributed by atoms with van der Waals surface area (Å²) in [6, 6.07) is 7.01. The average Bonchev–Trinajstić information content (AvgIpc) is 2.86. The fourth-order valence-corrected chi connectivity index (χ4v) is 2.72. The molecule has 0 aromatic heterocycles. The molecule has 0 spiro atoms. The number of hydrogen-bond acceptors (Lipinski definition) is 2. The fourth-order valence-electron chi connectivity index (χ4n) is 2.72. The maximum atomic E-state index is 13.5. The molecule has 2 N–H and O–H groups in total. The molecule has 3 heteroatoms. The van der Waals surface area contributed by atoms with E-state index in [2.05, 4.69) is 11.8 Å². The van der Waals surface area contributed by atoms with E-state index >= 15 is 0 Å². The van der Waals surface area contributed by atoms with Crippen LogP contribution in [0.2, 0.25) is 0 Å². The summed E-state index contributed by atoms with van der Waals surface area (Å²) in [6.45, 7) is 4.30. The van der Waals surface area contributed by atoms with Gasteiger partial charge < -0.3 is 5.73 Å². The minimum atomic E-state index is -0.234. The van der Waals surface area contributed by atoms with Crippen molar-refractivity contribution in [2.75, 3.05) is 13.1 Å². The second-order valence-electron chi connectivity index (χ2n) is 5.50. The molecule has 18 heavy (non-hydrogen) atoms. The number of benzene rings is 1. The highest BCUT2D eigenvalue weighted by atomic mass is 19.1. The largest absolute Gasteiger partial charge is 0.313 e. The highest BCUT2D eigenvalue weighted by Crippen LogP contribution is 2.22. The Labute approximate surface area is 109 Å². The van der Waals surface area contributed by atoms with Gasteiger partial charge in [-0.3, -0.25) is 4.90 Å². The number of nitrogens with two attached hydrogens (primary N) is 1. The molecule has 1 aliphatic rings. The topological polar surface area (TPSA) is 29.3 Å².